The fourth-order valence-corrected chi connectivity index (χ4v) is 3.21. The summed E-state index contributed by atoms with van der Waals surface area (Å²) in [4.78, 5) is 4.15. The summed E-state index contributed by atoms with van der Waals surface area (Å²) in [5, 5.41) is 3.53. The third-order valence-electron chi connectivity index (χ3n) is 4.79. The summed E-state index contributed by atoms with van der Waals surface area (Å²) in [6, 6.07) is 17.4. The Morgan fingerprint density at radius 1 is 0.788 bits per heavy atom. The SMILES string of the molecule is COc1ccc(Oc2ccc(Nc3ccnc4ccc(C(F)(F)F)cc34)cc2)cc1OC.Cl. The van der Waals surface area contributed by atoms with Crippen LogP contribution in [-0.2, 0) is 6.18 Å². The van der Waals surface area contributed by atoms with Gasteiger partial charge < -0.3 is 19.5 Å². The quantitative estimate of drug-likeness (QED) is 0.318. The van der Waals surface area contributed by atoms with Gasteiger partial charge in [0.25, 0.3) is 0 Å². The highest BCUT2D eigenvalue weighted by molar-refractivity contribution is 5.93. The number of hydrogen-bond donors (Lipinski definition) is 1. The van der Waals surface area contributed by atoms with E-state index in [1.807, 2.05) is 0 Å². The summed E-state index contributed by atoms with van der Waals surface area (Å²) in [5.41, 5.74) is 0.959. The number of alkyl halides is 3. The molecule has 1 heterocycles. The number of pyridine rings is 1. The predicted molar refractivity (Wildman–Crippen MR) is 123 cm³/mol. The minimum absolute atomic E-state index is 0. The molecule has 0 fully saturated rings. The maximum atomic E-state index is 13.1. The van der Waals surface area contributed by atoms with Gasteiger partial charge in [0.15, 0.2) is 11.5 Å². The zero-order valence-electron chi connectivity index (χ0n) is 17.6. The van der Waals surface area contributed by atoms with E-state index in [0.717, 1.165) is 12.1 Å². The van der Waals surface area contributed by atoms with Gasteiger partial charge in [-0.05, 0) is 60.7 Å². The maximum Gasteiger partial charge on any atom is 0.416 e. The molecule has 0 atom stereocenters. The molecule has 3 aromatic carbocycles. The second-order valence-electron chi connectivity index (χ2n) is 6.86. The Kier molecular flexibility index (Phi) is 7.18. The molecule has 0 aliphatic rings. The predicted octanol–water partition coefficient (Wildman–Crippen LogP) is 7.23. The Morgan fingerprint density at radius 3 is 2.15 bits per heavy atom. The second-order valence-corrected chi connectivity index (χ2v) is 6.86. The number of ether oxygens (including phenoxy) is 3. The fraction of sp³-hybridized carbons (Fsp3) is 0.125. The van der Waals surface area contributed by atoms with Crippen molar-refractivity contribution in [1.29, 1.82) is 0 Å². The monoisotopic (exact) mass is 476 g/mol. The van der Waals surface area contributed by atoms with Crippen molar-refractivity contribution in [3.8, 4) is 23.0 Å². The van der Waals surface area contributed by atoms with Crippen LogP contribution in [0.4, 0.5) is 24.5 Å². The molecule has 0 radical (unpaired) electrons. The number of halogens is 4. The second kappa shape index (κ2) is 9.87. The van der Waals surface area contributed by atoms with Crippen LogP contribution in [0.25, 0.3) is 10.9 Å². The Hall–Kier alpha value is -3.65. The molecule has 0 saturated heterocycles. The van der Waals surface area contributed by atoms with E-state index < -0.39 is 11.7 Å². The summed E-state index contributed by atoms with van der Waals surface area (Å²) in [5.74, 6) is 2.30. The van der Waals surface area contributed by atoms with Gasteiger partial charge in [-0.25, -0.2) is 0 Å². The molecule has 0 aliphatic carbocycles. The largest absolute Gasteiger partial charge is 0.493 e. The van der Waals surface area contributed by atoms with Gasteiger partial charge in [-0.2, -0.15) is 13.2 Å². The summed E-state index contributed by atoms with van der Waals surface area (Å²) in [7, 11) is 3.10. The Balaban J connectivity index is 0.00000306. The van der Waals surface area contributed by atoms with Gasteiger partial charge in [-0.3, -0.25) is 4.98 Å². The van der Waals surface area contributed by atoms with Crippen LogP contribution < -0.4 is 19.5 Å². The van der Waals surface area contributed by atoms with Crippen LogP contribution >= 0.6 is 12.4 Å². The van der Waals surface area contributed by atoms with E-state index in [2.05, 4.69) is 10.3 Å². The van der Waals surface area contributed by atoms with Crippen LogP contribution in [0.3, 0.4) is 0 Å². The van der Waals surface area contributed by atoms with Crippen LogP contribution in [0.2, 0.25) is 0 Å². The normalized spacial score (nSPS) is 10.9. The standard InChI is InChI=1S/C24H19F3N2O3.ClH/c1-30-22-10-8-18(14-23(22)31-2)32-17-6-4-16(5-7-17)29-21-11-12-28-20-9-3-15(13-19(20)21)24(25,26)27;/h3-14H,1-2H3,(H,28,29);1H. The minimum atomic E-state index is -4.43. The molecule has 1 N–H and O–H groups in total. The maximum absolute atomic E-state index is 13.1. The Morgan fingerprint density at radius 2 is 1.48 bits per heavy atom. The van der Waals surface area contributed by atoms with Crippen LogP contribution in [0, 0.1) is 0 Å². The summed E-state index contributed by atoms with van der Waals surface area (Å²) < 4.78 is 55.7. The summed E-state index contributed by atoms with van der Waals surface area (Å²) in [6.07, 6.45) is -2.88. The highest BCUT2D eigenvalue weighted by Gasteiger charge is 2.30. The third-order valence-corrected chi connectivity index (χ3v) is 4.79. The number of anilines is 2. The molecule has 4 rings (SSSR count). The van der Waals surface area contributed by atoms with Crippen molar-refractivity contribution in [3.05, 3.63) is 78.5 Å². The zero-order chi connectivity index (χ0) is 22.7. The van der Waals surface area contributed by atoms with Gasteiger partial charge in [-0.1, -0.05) is 0 Å². The fourth-order valence-electron chi connectivity index (χ4n) is 3.21. The third kappa shape index (κ3) is 5.40. The average Bonchev–Trinajstić information content (AvgIpc) is 2.79. The van der Waals surface area contributed by atoms with Crippen molar-refractivity contribution in [2.24, 2.45) is 0 Å². The van der Waals surface area contributed by atoms with Gasteiger partial charge in [0.1, 0.15) is 11.5 Å². The van der Waals surface area contributed by atoms with Crippen molar-refractivity contribution in [1.82, 2.24) is 4.98 Å². The van der Waals surface area contributed by atoms with Crippen molar-refractivity contribution < 1.29 is 27.4 Å². The highest BCUT2D eigenvalue weighted by Crippen LogP contribution is 2.35. The number of nitrogens with zero attached hydrogens (tertiary/aromatic N) is 1. The first-order chi connectivity index (χ1) is 15.4. The Labute approximate surface area is 194 Å². The van der Waals surface area contributed by atoms with Crippen molar-refractivity contribution in [3.63, 3.8) is 0 Å². The van der Waals surface area contributed by atoms with Gasteiger partial charge in [0, 0.05) is 29.0 Å². The lowest BCUT2D eigenvalue weighted by atomic mass is 10.1. The van der Waals surface area contributed by atoms with Crippen molar-refractivity contribution in [2.45, 2.75) is 6.18 Å². The van der Waals surface area contributed by atoms with E-state index in [-0.39, 0.29) is 12.4 Å². The Bertz CT molecular complexity index is 1250. The number of fused-ring (bicyclic) bond motifs is 1. The summed E-state index contributed by atoms with van der Waals surface area (Å²) in [6.45, 7) is 0. The van der Waals surface area contributed by atoms with E-state index in [1.54, 1.807) is 68.9 Å². The molecule has 0 bridgehead atoms. The van der Waals surface area contributed by atoms with Crippen LogP contribution in [0.15, 0.2) is 72.9 Å². The first-order valence-electron chi connectivity index (χ1n) is 9.60. The lowest BCUT2D eigenvalue weighted by Crippen LogP contribution is -2.05. The first-order valence-corrected chi connectivity index (χ1v) is 9.60. The van der Waals surface area contributed by atoms with Gasteiger partial charge >= 0.3 is 6.18 Å². The molecular weight excluding hydrogens is 457 g/mol. The average molecular weight is 477 g/mol. The highest BCUT2D eigenvalue weighted by atomic mass is 35.5. The molecule has 1 aromatic heterocycles. The van der Waals surface area contributed by atoms with Crippen LogP contribution in [0.1, 0.15) is 5.56 Å². The molecule has 4 aromatic rings. The van der Waals surface area contributed by atoms with Gasteiger partial charge in [0.05, 0.1) is 25.3 Å². The van der Waals surface area contributed by atoms with Crippen LogP contribution in [0.5, 0.6) is 23.0 Å². The summed E-state index contributed by atoms with van der Waals surface area (Å²) >= 11 is 0. The van der Waals surface area contributed by atoms with E-state index in [0.29, 0.717) is 45.3 Å². The molecule has 0 amide bonds. The van der Waals surface area contributed by atoms with E-state index in [4.69, 9.17) is 14.2 Å². The van der Waals surface area contributed by atoms with E-state index in [9.17, 15) is 13.2 Å². The van der Waals surface area contributed by atoms with Crippen LogP contribution in [-0.4, -0.2) is 19.2 Å². The topological polar surface area (TPSA) is 52.6 Å². The number of hydrogen-bond acceptors (Lipinski definition) is 5. The number of rotatable bonds is 6. The molecule has 9 heteroatoms. The lowest BCUT2D eigenvalue weighted by Gasteiger charge is -2.13. The van der Waals surface area contributed by atoms with E-state index in [1.165, 1.54) is 6.07 Å². The molecule has 5 nitrogen and oxygen atoms in total. The van der Waals surface area contributed by atoms with Crippen molar-refractivity contribution >= 4 is 34.7 Å². The smallest absolute Gasteiger partial charge is 0.416 e. The number of benzene rings is 3. The molecule has 0 spiro atoms. The lowest BCUT2D eigenvalue weighted by molar-refractivity contribution is -0.137. The molecule has 33 heavy (non-hydrogen) atoms. The zero-order valence-corrected chi connectivity index (χ0v) is 18.5. The van der Waals surface area contributed by atoms with Gasteiger partial charge in [-0.15, -0.1) is 12.4 Å². The van der Waals surface area contributed by atoms with E-state index >= 15 is 0 Å². The van der Waals surface area contributed by atoms with Gasteiger partial charge in [0.2, 0.25) is 0 Å². The number of nitrogens with one attached hydrogen (secondary N) is 1. The number of aromatic nitrogens is 1. The molecule has 0 unspecified atom stereocenters. The molecule has 172 valence electrons. The molecule has 0 saturated carbocycles. The first kappa shape index (κ1) is 24.0. The molecular formula is C24H20ClF3N2O3. The van der Waals surface area contributed by atoms with Crippen molar-refractivity contribution in [2.75, 3.05) is 19.5 Å². The number of methoxy groups -OCH3 is 2. The minimum Gasteiger partial charge on any atom is -0.493 e. The molecule has 0 aliphatic heterocycles.